The van der Waals surface area contributed by atoms with Gasteiger partial charge in [0.1, 0.15) is 5.54 Å². The molecule has 20 heavy (non-hydrogen) atoms. The predicted molar refractivity (Wildman–Crippen MR) is 83.2 cm³/mol. The van der Waals surface area contributed by atoms with Crippen molar-refractivity contribution < 1.29 is 9.90 Å². The van der Waals surface area contributed by atoms with Gasteiger partial charge in [-0.3, -0.25) is 10.1 Å². The van der Waals surface area contributed by atoms with E-state index in [9.17, 15) is 9.90 Å². The Hall–Kier alpha value is -0.220. The molecule has 2 N–H and O–H groups in total. The minimum Gasteiger partial charge on any atom is -0.480 e. The predicted octanol–water partition coefficient (Wildman–Crippen LogP) is 3.43. The Morgan fingerprint density at radius 1 is 1.15 bits per heavy atom. The monoisotopic (exact) mass is 297 g/mol. The zero-order valence-electron chi connectivity index (χ0n) is 12.3. The second-order valence-corrected chi connectivity index (χ2v) is 8.34. The first kappa shape index (κ1) is 14.7. The molecule has 0 aromatic heterocycles. The Morgan fingerprint density at radius 3 is 2.55 bits per heavy atom. The summed E-state index contributed by atoms with van der Waals surface area (Å²) in [6, 6.07) is 0.477. The van der Waals surface area contributed by atoms with Gasteiger partial charge in [0, 0.05) is 11.3 Å². The van der Waals surface area contributed by atoms with Crippen molar-refractivity contribution in [3.05, 3.63) is 0 Å². The molecule has 4 heteroatoms. The molecule has 0 aromatic carbocycles. The van der Waals surface area contributed by atoms with E-state index in [2.05, 4.69) is 17.1 Å². The highest BCUT2D eigenvalue weighted by Gasteiger charge is 2.46. The lowest BCUT2D eigenvalue weighted by atomic mass is 9.81. The molecule has 3 nitrogen and oxygen atoms in total. The maximum absolute atomic E-state index is 11.8. The topological polar surface area (TPSA) is 49.3 Å². The summed E-state index contributed by atoms with van der Waals surface area (Å²) in [4.78, 5) is 11.8. The van der Waals surface area contributed by atoms with Crippen LogP contribution in [0, 0.1) is 5.92 Å². The molecule has 0 heterocycles. The molecule has 114 valence electrons. The lowest BCUT2D eigenvalue weighted by molar-refractivity contribution is -0.146. The molecule has 2 unspecified atom stereocenters. The normalized spacial score (nSPS) is 35.3. The Kier molecular flexibility index (Phi) is 4.61. The van der Waals surface area contributed by atoms with Crippen LogP contribution in [0.15, 0.2) is 0 Å². The van der Waals surface area contributed by atoms with Crippen molar-refractivity contribution in [2.45, 2.75) is 81.0 Å². The highest BCUT2D eigenvalue weighted by atomic mass is 32.2. The summed E-state index contributed by atoms with van der Waals surface area (Å²) in [6.07, 6.45) is 11.8. The summed E-state index contributed by atoms with van der Waals surface area (Å²) in [7, 11) is 0. The summed E-state index contributed by atoms with van der Waals surface area (Å²) in [5.74, 6) is 1.54. The maximum atomic E-state index is 11.8. The van der Waals surface area contributed by atoms with E-state index < -0.39 is 11.5 Å². The molecule has 3 fully saturated rings. The summed E-state index contributed by atoms with van der Waals surface area (Å²) in [5, 5.41) is 13.7. The molecule has 0 amide bonds. The second kappa shape index (κ2) is 6.27. The Labute approximate surface area is 126 Å². The van der Waals surface area contributed by atoms with Crippen LogP contribution in [-0.4, -0.2) is 33.7 Å². The first-order valence-corrected chi connectivity index (χ1v) is 9.35. The van der Waals surface area contributed by atoms with Gasteiger partial charge in [-0.05, 0) is 63.0 Å². The average Bonchev–Trinajstić information content (AvgIpc) is 3.08. The van der Waals surface area contributed by atoms with E-state index >= 15 is 0 Å². The fourth-order valence-corrected chi connectivity index (χ4v) is 5.43. The first-order valence-electron chi connectivity index (χ1n) is 8.31. The van der Waals surface area contributed by atoms with Gasteiger partial charge in [0.15, 0.2) is 0 Å². The molecule has 3 aliphatic rings. The van der Waals surface area contributed by atoms with E-state index in [4.69, 9.17) is 0 Å². The molecule has 3 saturated carbocycles. The lowest BCUT2D eigenvalue weighted by Crippen LogP contribution is -2.56. The number of aliphatic carboxylic acids is 1. The third kappa shape index (κ3) is 3.51. The average molecular weight is 297 g/mol. The summed E-state index contributed by atoms with van der Waals surface area (Å²) in [6.45, 7) is 0. The van der Waals surface area contributed by atoms with Crippen molar-refractivity contribution in [2.24, 2.45) is 5.92 Å². The van der Waals surface area contributed by atoms with Gasteiger partial charge in [-0.1, -0.05) is 12.8 Å². The van der Waals surface area contributed by atoms with Crippen LogP contribution in [0.1, 0.15) is 64.2 Å². The van der Waals surface area contributed by atoms with Crippen LogP contribution in [0.25, 0.3) is 0 Å². The van der Waals surface area contributed by atoms with E-state index in [1.54, 1.807) is 0 Å². The number of carboxylic acids is 1. The van der Waals surface area contributed by atoms with Gasteiger partial charge in [0.2, 0.25) is 0 Å². The molecule has 0 spiro atoms. The molecule has 0 aromatic rings. The van der Waals surface area contributed by atoms with Crippen LogP contribution < -0.4 is 5.32 Å². The van der Waals surface area contributed by atoms with Crippen molar-refractivity contribution in [1.82, 2.24) is 5.32 Å². The molecule has 2 atom stereocenters. The van der Waals surface area contributed by atoms with Gasteiger partial charge >= 0.3 is 5.97 Å². The quantitative estimate of drug-likeness (QED) is 0.788. The van der Waals surface area contributed by atoms with Crippen LogP contribution in [0.3, 0.4) is 0 Å². The zero-order chi connectivity index (χ0) is 14.0. The van der Waals surface area contributed by atoms with Crippen molar-refractivity contribution in [1.29, 1.82) is 0 Å². The van der Waals surface area contributed by atoms with Gasteiger partial charge in [-0.25, -0.2) is 0 Å². The van der Waals surface area contributed by atoms with Crippen LogP contribution in [0.2, 0.25) is 0 Å². The Morgan fingerprint density at radius 2 is 1.90 bits per heavy atom. The molecule has 0 radical (unpaired) electrons. The Balaban J connectivity index is 1.54. The smallest absolute Gasteiger partial charge is 0.323 e. The molecule has 0 aliphatic heterocycles. The number of carboxylic acid groups (broad SMARTS) is 1. The molecule has 0 saturated heterocycles. The SMILES string of the molecule is O=C(O)C1(NC2CC2)CCCC(SCC2CCCC2)C1. The number of nitrogens with one attached hydrogen (secondary N) is 1. The van der Waals surface area contributed by atoms with Crippen molar-refractivity contribution >= 4 is 17.7 Å². The van der Waals surface area contributed by atoms with Gasteiger partial charge in [-0.2, -0.15) is 11.8 Å². The molecule has 3 rings (SSSR count). The van der Waals surface area contributed by atoms with Gasteiger partial charge in [0.25, 0.3) is 0 Å². The van der Waals surface area contributed by atoms with E-state index in [0.717, 1.165) is 38.0 Å². The molecular weight excluding hydrogens is 270 g/mol. The largest absolute Gasteiger partial charge is 0.480 e. The van der Waals surface area contributed by atoms with Crippen molar-refractivity contribution in [3.8, 4) is 0 Å². The zero-order valence-corrected chi connectivity index (χ0v) is 13.1. The third-order valence-corrected chi connectivity index (χ3v) is 6.75. The standard InChI is InChI=1S/C16H27NO2S/c18-15(19)16(17-13-7-8-13)9-3-6-14(10-16)20-11-12-4-1-2-5-12/h12-14,17H,1-11H2,(H,18,19). The van der Waals surface area contributed by atoms with Gasteiger partial charge < -0.3 is 5.11 Å². The van der Waals surface area contributed by atoms with E-state index in [0.29, 0.717) is 11.3 Å². The fourth-order valence-electron chi connectivity index (χ4n) is 3.82. The number of thioether (sulfide) groups is 1. The van der Waals surface area contributed by atoms with Gasteiger partial charge in [0.05, 0.1) is 0 Å². The van der Waals surface area contributed by atoms with Crippen LogP contribution >= 0.6 is 11.8 Å². The minimum absolute atomic E-state index is 0.477. The first-order chi connectivity index (χ1) is 9.68. The summed E-state index contributed by atoms with van der Waals surface area (Å²) in [5.41, 5.74) is -0.618. The summed E-state index contributed by atoms with van der Waals surface area (Å²) >= 11 is 2.06. The number of hydrogen-bond acceptors (Lipinski definition) is 3. The van der Waals surface area contributed by atoms with Crippen LogP contribution in [0.5, 0.6) is 0 Å². The highest BCUT2D eigenvalue weighted by molar-refractivity contribution is 7.99. The van der Waals surface area contributed by atoms with Crippen LogP contribution in [-0.2, 0) is 4.79 Å². The van der Waals surface area contributed by atoms with Crippen molar-refractivity contribution in [3.63, 3.8) is 0 Å². The van der Waals surface area contributed by atoms with Crippen molar-refractivity contribution in [2.75, 3.05) is 5.75 Å². The fraction of sp³-hybridized carbons (Fsp3) is 0.938. The second-order valence-electron chi connectivity index (χ2n) is 7.01. The van der Waals surface area contributed by atoms with Gasteiger partial charge in [-0.15, -0.1) is 0 Å². The number of rotatable bonds is 6. The minimum atomic E-state index is -0.618. The summed E-state index contributed by atoms with van der Waals surface area (Å²) < 4.78 is 0. The van der Waals surface area contributed by atoms with E-state index in [1.807, 2.05) is 0 Å². The third-order valence-electron chi connectivity index (χ3n) is 5.22. The molecule has 3 aliphatic carbocycles. The van der Waals surface area contributed by atoms with Crippen LogP contribution in [0.4, 0.5) is 0 Å². The highest BCUT2D eigenvalue weighted by Crippen LogP contribution is 2.39. The number of hydrogen-bond donors (Lipinski definition) is 2. The van der Waals surface area contributed by atoms with E-state index in [1.165, 1.54) is 37.9 Å². The van der Waals surface area contributed by atoms with E-state index in [-0.39, 0.29) is 0 Å². The maximum Gasteiger partial charge on any atom is 0.323 e. The number of carbonyl (C=O) groups is 1. The molecule has 0 bridgehead atoms. The molecular formula is C16H27NO2S. The lowest BCUT2D eigenvalue weighted by Gasteiger charge is -2.38. The Bertz CT molecular complexity index is 352.